The van der Waals surface area contributed by atoms with E-state index in [9.17, 15) is 9.18 Å². The number of hydrogen-bond donors (Lipinski definition) is 2. The van der Waals surface area contributed by atoms with Crippen molar-refractivity contribution in [2.75, 3.05) is 6.61 Å². The third-order valence-electron chi connectivity index (χ3n) is 4.31. The first-order chi connectivity index (χ1) is 11.6. The maximum absolute atomic E-state index is 13.8. The molecule has 0 aliphatic carbocycles. The number of furan rings is 1. The topological polar surface area (TPSA) is 80.2 Å². The second-order valence-electron chi connectivity index (χ2n) is 5.89. The van der Waals surface area contributed by atoms with Crippen LogP contribution in [-0.4, -0.2) is 28.8 Å². The zero-order valence-electron chi connectivity index (χ0n) is 13.0. The zero-order chi connectivity index (χ0) is 16.7. The van der Waals surface area contributed by atoms with Crippen molar-refractivity contribution in [3.63, 3.8) is 0 Å². The van der Waals surface area contributed by atoms with Crippen molar-refractivity contribution in [3.8, 4) is 0 Å². The van der Waals surface area contributed by atoms with Crippen LogP contribution in [0.1, 0.15) is 34.3 Å². The average Bonchev–Trinajstić information content (AvgIpc) is 3.29. The number of halogens is 1. The molecular weight excluding hydrogens is 313 g/mol. The molecule has 4 rings (SSSR count). The molecule has 1 fully saturated rings. The molecule has 0 bridgehead atoms. The molecule has 3 heterocycles. The van der Waals surface area contributed by atoms with E-state index in [1.807, 2.05) is 13.0 Å². The van der Waals surface area contributed by atoms with E-state index in [-0.39, 0.29) is 29.4 Å². The Morgan fingerprint density at radius 3 is 3.04 bits per heavy atom. The average molecular weight is 329 g/mol. The van der Waals surface area contributed by atoms with E-state index in [1.54, 1.807) is 18.3 Å². The van der Waals surface area contributed by atoms with Gasteiger partial charge in [0.2, 0.25) is 0 Å². The summed E-state index contributed by atoms with van der Waals surface area (Å²) in [6.45, 7) is 2.39. The number of fused-ring (bicyclic) bond motifs is 1. The number of carbonyl (C=O) groups is 1. The highest BCUT2D eigenvalue weighted by molar-refractivity contribution is 5.97. The van der Waals surface area contributed by atoms with Crippen LogP contribution in [0, 0.1) is 12.7 Å². The summed E-state index contributed by atoms with van der Waals surface area (Å²) in [5.41, 5.74) is 1.77. The Bertz CT molecular complexity index is 849. The number of aromatic amines is 1. The van der Waals surface area contributed by atoms with Crippen LogP contribution in [0.2, 0.25) is 0 Å². The first kappa shape index (κ1) is 14.9. The van der Waals surface area contributed by atoms with Crippen LogP contribution in [0.4, 0.5) is 4.39 Å². The molecule has 0 spiro atoms. The highest BCUT2D eigenvalue weighted by Gasteiger charge is 2.32. The summed E-state index contributed by atoms with van der Waals surface area (Å²) in [6, 6.07) is 6.19. The fourth-order valence-corrected chi connectivity index (χ4v) is 3.05. The van der Waals surface area contributed by atoms with Crippen LogP contribution in [-0.2, 0) is 4.74 Å². The van der Waals surface area contributed by atoms with Crippen LogP contribution in [0.5, 0.6) is 0 Å². The summed E-state index contributed by atoms with van der Waals surface area (Å²) in [6.07, 6.45) is 2.04. The standard InChI is InChI=1S/C17H16FN3O3/c1-9-2-3-11(18)15-10(9)8-14(24-15)17(22)20-12-5-7-23-16(12)13-4-6-19-21-13/h2-4,6,8,12,16H,5,7H2,1H3,(H,19,21)(H,20,22)/t12-,16-/m1/s1. The summed E-state index contributed by atoms with van der Waals surface area (Å²) in [5.74, 6) is -0.771. The number of aryl methyl sites for hydroxylation is 1. The summed E-state index contributed by atoms with van der Waals surface area (Å²) >= 11 is 0. The third kappa shape index (κ3) is 2.46. The fraction of sp³-hybridized carbons (Fsp3) is 0.294. The molecule has 1 amide bonds. The monoisotopic (exact) mass is 329 g/mol. The number of H-pyrrole nitrogens is 1. The van der Waals surface area contributed by atoms with Gasteiger partial charge in [-0.1, -0.05) is 6.07 Å². The minimum Gasteiger partial charge on any atom is -0.448 e. The van der Waals surface area contributed by atoms with Crippen LogP contribution < -0.4 is 5.32 Å². The first-order valence-electron chi connectivity index (χ1n) is 7.74. The molecule has 24 heavy (non-hydrogen) atoms. The molecule has 124 valence electrons. The van der Waals surface area contributed by atoms with Gasteiger partial charge in [-0.05, 0) is 37.1 Å². The van der Waals surface area contributed by atoms with Crippen LogP contribution in [0.15, 0.2) is 34.9 Å². The van der Waals surface area contributed by atoms with E-state index < -0.39 is 5.82 Å². The molecule has 1 aliphatic heterocycles. The van der Waals surface area contributed by atoms with E-state index in [1.165, 1.54) is 6.07 Å². The highest BCUT2D eigenvalue weighted by atomic mass is 19.1. The van der Waals surface area contributed by atoms with Crippen LogP contribution >= 0.6 is 0 Å². The van der Waals surface area contributed by atoms with Crippen molar-refractivity contribution in [2.24, 2.45) is 0 Å². The lowest BCUT2D eigenvalue weighted by Gasteiger charge is -2.17. The van der Waals surface area contributed by atoms with Crippen molar-refractivity contribution < 1.29 is 18.3 Å². The SMILES string of the molecule is Cc1ccc(F)c2oc(C(=O)N[C@@H]3CCO[C@H]3c3ccn[nH]3)cc12. The second kappa shape index (κ2) is 5.76. The Labute approximate surface area is 137 Å². The Balaban J connectivity index is 1.58. The van der Waals surface area contributed by atoms with Gasteiger partial charge in [-0.25, -0.2) is 4.39 Å². The van der Waals surface area contributed by atoms with Gasteiger partial charge in [0.15, 0.2) is 17.2 Å². The van der Waals surface area contributed by atoms with Gasteiger partial charge < -0.3 is 14.5 Å². The van der Waals surface area contributed by atoms with Gasteiger partial charge in [0.25, 0.3) is 5.91 Å². The van der Waals surface area contributed by atoms with Gasteiger partial charge in [0, 0.05) is 18.2 Å². The van der Waals surface area contributed by atoms with Gasteiger partial charge >= 0.3 is 0 Å². The minimum absolute atomic E-state index is 0.0912. The zero-order valence-corrected chi connectivity index (χ0v) is 13.0. The predicted octanol–water partition coefficient (Wildman–Crippen LogP) is 2.86. The van der Waals surface area contributed by atoms with Crippen LogP contribution in [0.25, 0.3) is 11.0 Å². The fourth-order valence-electron chi connectivity index (χ4n) is 3.05. The Hall–Kier alpha value is -2.67. The van der Waals surface area contributed by atoms with Crippen molar-refractivity contribution in [1.29, 1.82) is 0 Å². The number of nitrogens with one attached hydrogen (secondary N) is 2. The first-order valence-corrected chi connectivity index (χ1v) is 7.74. The molecule has 7 heteroatoms. The number of amides is 1. The molecule has 1 aliphatic rings. The third-order valence-corrected chi connectivity index (χ3v) is 4.31. The largest absolute Gasteiger partial charge is 0.448 e. The quantitative estimate of drug-likeness (QED) is 0.774. The highest BCUT2D eigenvalue weighted by Crippen LogP contribution is 2.29. The lowest BCUT2D eigenvalue weighted by Crippen LogP contribution is -2.36. The van der Waals surface area contributed by atoms with Gasteiger partial charge in [0.1, 0.15) is 6.10 Å². The molecular formula is C17H16FN3O3. The number of aromatic nitrogens is 2. The maximum Gasteiger partial charge on any atom is 0.287 e. The van der Waals surface area contributed by atoms with Gasteiger partial charge in [-0.3, -0.25) is 9.89 Å². The van der Waals surface area contributed by atoms with Gasteiger partial charge in [-0.2, -0.15) is 5.10 Å². The molecule has 2 atom stereocenters. The molecule has 2 N–H and O–H groups in total. The molecule has 1 saturated heterocycles. The van der Waals surface area contributed by atoms with E-state index in [0.29, 0.717) is 18.4 Å². The van der Waals surface area contributed by atoms with E-state index in [0.717, 1.165) is 11.3 Å². The van der Waals surface area contributed by atoms with Gasteiger partial charge in [-0.15, -0.1) is 0 Å². The number of nitrogens with zero attached hydrogens (tertiary/aromatic N) is 1. The summed E-state index contributed by atoms with van der Waals surface area (Å²) in [4.78, 5) is 12.5. The van der Waals surface area contributed by atoms with Crippen molar-refractivity contribution >= 4 is 16.9 Å². The predicted molar refractivity (Wildman–Crippen MR) is 84.1 cm³/mol. The smallest absolute Gasteiger partial charge is 0.287 e. The lowest BCUT2D eigenvalue weighted by molar-refractivity contribution is 0.0790. The van der Waals surface area contributed by atoms with Gasteiger partial charge in [0.05, 0.1) is 11.7 Å². The molecule has 3 aromatic rings. The van der Waals surface area contributed by atoms with E-state index in [2.05, 4.69) is 15.5 Å². The number of benzene rings is 1. The second-order valence-corrected chi connectivity index (χ2v) is 5.89. The minimum atomic E-state index is -0.478. The normalized spacial score (nSPS) is 20.6. The van der Waals surface area contributed by atoms with Crippen molar-refractivity contribution in [3.05, 3.63) is 53.3 Å². The molecule has 0 saturated carbocycles. The molecule has 6 nitrogen and oxygen atoms in total. The number of hydrogen-bond acceptors (Lipinski definition) is 4. The van der Waals surface area contributed by atoms with Crippen LogP contribution in [0.3, 0.4) is 0 Å². The molecule has 1 aromatic carbocycles. The van der Waals surface area contributed by atoms with E-state index in [4.69, 9.17) is 9.15 Å². The lowest BCUT2D eigenvalue weighted by atomic mass is 10.1. The van der Waals surface area contributed by atoms with E-state index >= 15 is 0 Å². The molecule has 2 aromatic heterocycles. The Kier molecular flexibility index (Phi) is 3.57. The summed E-state index contributed by atoms with van der Waals surface area (Å²) in [7, 11) is 0. The Morgan fingerprint density at radius 2 is 2.29 bits per heavy atom. The number of rotatable bonds is 3. The Morgan fingerprint density at radius 1 is 1.42 bits per heavy atom. The summed E-state index contributed by atoms with van der Waals surface area (Å²) in [5, 5.41) is 10.3. The summed E-state index contributed by atoms with van der Waals surface area (Å²) < 4.78 is 24.9. The number of ether oxygens (including phenoxy) is 1. The maximum atomic E-state index is 13.8. The number of carbonyl (C=O) groups excluding carboxylic acids is 1. The molecule has 0 radical (unpaired) electrons. The molecule has 0 unspecified atom stereocenters. The van der Waals surface area contributed by atoms with Crippen molar-refractivity contribution in [2.45, 2.75) is 25.5 Å². The van der Waals surface area contributed by atoms with Crippen molar-refractivity contribution in [1.82, 2.24) is 15.5 Å².